The molecule has 0 saturated heterocycles. The highest BCUT2D eigenvalue weighted by molar-refractivity contribution is 9.10. The SMILES string of the molecule is CNc1cc(-c2ccccc2)nc2c(F)cc(Br)c(F)c12. The van der Waals surface area contributed by atoms with Gasteiger partial charge >= 0.3 is 0 Å². The monoisotopic (exact) mass is 348 g/mol. The van der Waals surface area contributed by atoms with Crippen molar-refractivity contribution in [2.45, 2.75) is 0 Å². The third-order valence-electron chi connectivity index (χ3n) is 3.27. The van der Waals surface area contributed by atoms with Gasteiger partial charge in [-0.3, -0.25) is 0 Å². The maximum atomic E-state index is 14.3. The van der Waals surface area contributed by atoms with E-state index in [1.807, 2.05) is 30.3 Å². The molecule has 0 aliphatic heterocycles. The van der Waals surface area contributed by atoms with E-state index in [1.165, 1.54) is 0 Å². The summed E-state index contributed by atoms with van der Waals surface area (Å²) < 4.78 is 28.5. The van der Waals surface area contributed by atoms with E-state index in [4.69, 9.17) is 0 Å². The molecule has 0 aliphatic rings. The molecular formula is C16H11BrF2N2. The molecule has 0 amide bonds. The molecule has 3 aromatic rings. The third kappa shape index (κ3) is 2.38. The molecule has 0 atom stereocenters. The summed E-state index contributed by atoms with van der Waals surface area (Å²) in [6.45, 7) is 0. The van der Waals surface area contributed by atoms with E-state index in [-0.39, 0.29) is 15.4 Å². The van der Waals surface area contributed by atoms with Crippen LogP contribution in [0.25, 0.3) is 22.2 Å². The number of hydrogen-bond acceptors (Lipinski definition) is 2. The maximum Gasteiger partial charge on any atom is 0.150 e. The van der Waals surface area contributed by atoms with Crippen molar-refractivity contribution in [1.82, 2.24) is 4.98 Å². The van der Waals surface area contributed by atoms with E-state index in [1.54, 1.807) is 13.1 Å². The number of nitrogens with zero attached hydrogens (tertiary/aromatic N) is 1. The Hall–Kier alpha value is -2.01. The standard InChI is InChI=1S/C16H11BrF2N2/c1-20-13-8-12(9-5-3-2-4-6-9)21-16-11(18)7-10(17)15(19)14(13)16/h2-8H,1H3,(H,20,21). The van der Waals surface area contributed by atoms with E-state index < -0.39 is 11.6 Å². The Morgan fingerprint density at radius 2 is 1.81 bits per heavy atom. The minimum Gasteiger partial charge on any atom is -0.387 e. The van der Waals surface area contributed by atoms with Crippen LogP contribution in [0.4, 0.5) is 14.5 Å². The van der Waals surface area contributed by atoms with E-state index in [0.717, 1.165) is 11.6 Å². The number of aromatic nitrogens is 1. The number of benzene rings is 2. The lowest BCUT2D eigenvalue weighted by Gasteiger charge is -2.11. The Morgan fingerprint density at radius 3 is 2.48 bits per heavy atom. The highest BCUT2D eigenvalue weighted by Crippen LogP contribution is 2.34. The second kappa shape index (κ2) is 5.41. The molecule has 21 heavy (non-hydrogen) atoms. The van der Waals surface area contributed by atoms with Gasteiger partial charge in [-0.25, -0.2) is 13.8 Å². The molecule has 0 aliphatic carbocycles. The first-order chi connectivity index (χ1) is 10.1. The highest BCUT2D eigenvalue weighted by atomic mass is 79.9. The average Bonchev–Trinajstić information content (AvgIpc) is 2.52. The van der Waals surface area contributed by atoms with Gasteiger partial charge in [0.05, 0.1) is 15.6 Å². The molecule has 0 radical (unpaired) electrons. The molecule has 3 rings (SSSR count). The lowest BCUT2D eigenvalue weighted by atomic mass is 10.1. The molecule has 0 saturated carbocycles. The minimum absolute atomic E-state index is 0.0152. The van der Waals surface area contributed by atoms with Crippen LogP contribution >= 0.6 is 15.9 Å². The fourth-order valence-corrected chi connectivity index (χ4v) is 2.66. The fourth-order valence-electron chi connectivity index (χ4n) is 2.26. The van der Waals surface area contributed by atoms with Gasteiger partial charge in [0.25, 0.3) is 0 Å². The molecular weight excluding hydrogens is 338 g/mol. The van der Waals surface area contributed by atoms with Gasteiger partial charge in [0.2, 0.25) is 0 Å². The van der Waals surface area contributed by atoms with Crippen molar-refractivity contribution in [3.8, 4) is 11.3 Å². The average molecular weight is 349 g/mol. The molecule has 2 nitrogen and oxygen atoms in total. The van der Waals surface area contributed by atoms with Crippen LogP contribution in [0.5, 0.6) is 0 Å². The molecule has 1 heterocycles. The first-order valence-electron chi connectivity index (χ1n) is 6.33. The fraction of sp³-hybridized carbons (Fsp3) is 0.0625. The number of hydrogen-bond donors (Lipinski definition) is 1. The van der Waals surface area contributed by atoms with Crippen LogP contribution in [0, 0.1) is 11.6 Å². The maximum absolute atomic E-state index is 14.3. The van der Waals surface area contributed by atoms with Crippen LogP contribution in [0.15, 0.2) is 46.9 Å². The van der Waals surface area contributed by atoms with E-state index in [2.05, 4.69) is 26.2 Å². The molecule has 1 N–H and O–H groups in total. The molecule has 2 aromatic carbocycles. The van der Waals surface area contributed by atoms with Gasteiger partial charge in [-0.1, -0.05) is 30.3 Å². The lowest BCUT2D eigenvalue weighted by molar-refractivity contribution is 0.610. The van der Waals surface area contributed by atoms with Crippen LogP contribution in [0.2, 0.25) is 0 Å². The summed E-state index contributed by atoms with van der Waals surface area (Å²) in [5.74, 6) is -1.09. The summed E-state index contributed by atoms with van der Waals surface area (Å²) in [5, 5.41) is 3.05. The highest BCUT2D eigenvalue weighted by Gasteiger charge is 2.17. The number of pyridine rings is 1. The zero-order chi connectivity index (χ0) is 15.0. The van der Waals surface area contributed by atoms with Crippen molar-refractivity contribution in [2.75, 3.05) is 12.4 Å². The lowest BCUT2D eigenvalue weighted by Crippen LogP contribution is -1.98. The number of anilines is 1. The summed E-state index contributed by atoms with van der Waals surface area (Å²) in [6.07, 6.45) is 0. The predicted octanol–water partition coefficient (Wildman–Crippen LogP) is 4.98. The molecule has 0 bridgehead atoms. The Kier molecular flexibility index (Phi) is 3.59. The van der Waals surface area contributed by atoms with Crippen molar-refractivity contribution in [1.29, 1.82) is 0 Å². The third-order valence-corrected chi connectivity index (χ3v) is 3.84. The van der Waals surface area contributed by atoms with Crippen molar-refractivity contribution in [3.63, 3.8) is 0 Å². The topological polar surface area (TPSA) is 24.9 Å². The van der Waals surface area contributed by atoms with Gasteiger partial charge in [0.15, 0.2) is 5.82 Å². The van der Waals surface area contributed by atoms with Gasteiger partial charge in [-0.15, -0.1) is 0 Å². The number of fused-ring (bicyclic) bond motifs is 1. The largest absolute Gasteiger partial charge is 0.387 e. The molecule has 0 unspecified atom stereocenters. The number of nitrogens with one attached hydrogen (secondary N) is 1. The Bertz CT molecular complexity index is 820. The van der Waals surface area contributed by atoms with Crippen LogP contribution in [-0.2, 0) is 0 Å². The first kappa shape index (κ1) is 13.9. The molecule has 106 valence electrons. The van der Waals surface area contributed by atoms with Crippen molar-refractivity contribution < 1.29 is 8.78 Å². The number of rotatable bonds is 2. The zero-order valence-electron chi connectivity index (χ0n) is 11.1. The first-order valence-corrected chi connectivity index (χ1v) is 7.12. The van der Waals surface area contributed by atoms with Gasteiger partial charge in [0.1, 0.15) is 11.3 Å². The molecule has 5 heteroatoms. The van der Waals surface area contributed by atoms with Crippen LogP contribution in [0.1, 0.15) is 0 Å². The minimum atomic E-state index is -0.562. The Morgan fingerprint density at radius 1 is 1.10 bits per heavy atom. The summed E-state index contributed by atoms with van der Waals surface area (Å²) >= 11 is 3.02. The Balaban J connectivity index is 2.38. The Labute approximate surface area is 129 Å². The van der Waals surface area contributed by atoms with E-state index >= 15 is 0 Å². The van der Waals surface area contributed by atoms with Crippen LogP contribution in [-0.4, -0.2) is 12.0 Å². The summed E-state index contributed by atoms with van der Waals surface area (Å²) in [4.78, 5) is 4.28. The van der Waals surface area contributed by atoms with Crippen LogP contribution < -0.4 is 5.32 Å². The van der Waals surface area contributed by atoms with Gasteiger partial charge in [-0.2, -0.15) is 0 Å². The van der Waals surface area contributed by atoms with E-state index in [0.29, 0.717) is 11.4 Å². The zero-order valence-corrected chi connectivity index (χ0v) is 12.7. The predicted molar refractivity (Wildman–Crippen MR) is 84.3 cm³/mol. The van der Waals surface area contributed by atoms with Crippen molar-refractivity contribution in [2.24, 2.45) is 0 Å². The van der Waals surface area contributed by atoms with Crippen LogP contribution in [0.3, 0.4) is 0 Å². The van der Waals surface area contributed by atoms with E-state index in [9.17, 15) is 8.78 Å². The van der Waals surface area contributed by atoms with Crippen molar-refractivity contribution >= 4 is 32.5 Å². The summed E-state index contributed by atoms with van der Waals surface area (Å²) in [5.41, 5.74) is 1.95. The van der Waals surface area contributed by atoms with Gasteiger partial charge in [-0.05, 0) is 28.1 Å². The second-order valence-corrected chi connectivity index (χ2v) is 5.40. The molecule has 1 aromatic heterocycles. The van der Waals surface area contributed by atoms with Crippen molar-refractivity contribution in [3.05, 3.63) is 58.6 Å². The van der Waals surface area contributed by atoms with Gasteiger partial charge in [0, 0.05) is 18.3 Å². The smallest absolute Gasteiger partial charge is 0.150 e. The summed E-state index contributed by atoms with van der Waals surface area (Å²) in [7, 11) is 1.67. The quantitative estimate of drug-likeness (QED) is 0.660. The summed E-state index contributed by atoms with van der Waals surface area (Å²) in [6, 6.07) is 12.2. The molecule has 0 fully saturated rings. The van der Waals surface area contributed by atoms with Gasteiger partial charge < -0.3 is 5.32 Å². The second-order valence-electron chi connectivity index (χ2n) is 4.55. The number of halogens is 3. The normalized spacial score (nSPS) is 10.9. The molecule has 0 spiro atoms.